The molecule has 0 nitrogen and oxygen atoms in total. The van der Waals surface area contributed by atoms with Gasteiger partial charge in [-0.1, -0.05) is 127 Å². The van der Waals surface area contributed by atoms with E-state index in [0.29, 0.717) is 0 Å². The first kappa shape index (κ1) is 26.9. The SMILES string of the molecule is CC.CC(C)C.CCC(C)C.CCCCCC1CCCCC1. The van der Waals surface area contributed by atoms with Gasteiger partial charge in [0.2, 0.25) is 0 Å². The van der Waals surface area contributed by atoms with Crippen LogP contribution >= 0.6 is 0 Å². The van der Waals surface area contributed by atoms with Gasteiger partial charge in [0.25, 0.3) is 0 Å². The van der Waals surface area contributed by atoms with Crippen LogP contribution in [0, 0.1) is 17.8 Å². The van der Waals surface area contributed by atoms with Gasteiger partial charge in [0, 0.05) is 0 Å². The number of hydrogen-bond acceptors (Lipinski definition) is 0. The third-order valence-corrected chi connectivity index (χ3v) is 3.76. The highest BCUT2D eigenvalue weighted by Crippen LogP contribution is 2.27. The van der Waals surface area contributed by atoms with Crippen LogP contribution in [-0.2, 0) is 0 Å². The van der Waals surface area contributed by atoms with E-state index in [4.69, 9.17) is 0 Å². The molecule has 22 heavy (non-hydrogen) atoms. The molecule has 0 radical (unpaired) electrons. The number of rotatable bonds is 5. The lowest BCUT2D eigenvalue weighted by molar-refractivity contribution is 0.329. The summed E-state index contributed by atoms with van der Waals surface area (Å²) in [5.41, 5.74) is 0. The lowest BCUT2D eigenvalue weighted by atomic mass is 9.86. The fourth-order valence-electron chi connectivity index (χ4n) is 2.16. The van der Waals surface area contributed by atoms with Crippen molar-refractivity contribution in [2.24, 2.45) is 17.8 Å². The fraction of sp³-hybridized carbons (Fsp3) is 1.00. The average Bonchev–Trinajstić information content (AvgIpc) is 2.51. The van der Waals surface area contributed by atoms with E-state index in [9.17, 15) is 0 Å². The van der Waals surface area contributed by atoms with E-state index in [2.05, 4.69) is 48.5 Å². The predicted octanol–water partition coefficient (Wildman–Crippen LogP) is 8.89. The van der Waals surface area contributed by atoms with E-state index >= 15 is 0 Å². The summed E-state index contributed by atoms with van der Waals surface area (Å²) in [6.07, 6.45) is 14.7. The molecule has 0 saturated heterocycles. The Balaban J connectivity index is -0.000000276. The lowest BCUT2D eigenvalue weighted by Gasteiger charge is -2.20. The van der Waals surface area contributed by atoms with Crippen molar-refractivity contribution in [2.45, 2.75) is 127 Å². The predicted molar refractivity (Wildman–Crippen MR) is 108 cm³/mol. The molecule has 0 aromatic heterocycles. The minimum absolute atomic E-state index is 0.833. The molecule has 0 aromatic carbocycles. The summed E-state index contributed by atoms with van der Waals surface area (Å²) in [4.78, 5) is 0. The van der Waals surface area contributed by atoms with Crippen LogP contribution in [0.5, 0.6) is 0 Å². The van der Waals surface area contributed by atoms with Gasteiger partial charge in [-0.15, -0.1) is 0 Å². The second kappa shape index (κ2) is 23.3. The number of unbranched alkanes of at least 4 members (excludes halogenated alkanes) is 2. The molecule has 0 amide bonds. The van der Waals surface area contributed by atoms with Gasteiger partial charge in [-0.05, 0) is 17.8 Å². The van der Waals surface area contributed by atoms with Gasteiger partial charge in [0.1, 0.15) is 0 Å². The first-order valence-electron chi connectivity index (χ1n) is 10.4. The molecule has 1 aliphatic carbocycles. The van der Waals surface area contributed by atoms with Crippen molar-refractivity contribution in [1.29, 1.82) is 0 Å². The minimum atomic E-state index is 0.833. The standard InChI is InChI=1S/C11H22.C5H12.C4H10.C2H6/c1-2-3-5-8-11-9-6-4-7-10-11;1-4-5(2)3;1-4(2)3;1-2/h11H,2-10H2,1H3;5H,4H2,1-3H3;4H,1-3H3;1-2H3. The molecule has 0 heterocycles. The Bertz CT molecular complexity index is 149. The molecule has 1 saturated carbocycles. The third-order valence-electron chi connectivity index (χ3n) is 3.76. The second-order valence-corrected chi connectivity index (χ2v) is 7.53. The molecule has 0 aromatic rings. The molecule has 1 fully saturated rings. The Hall–Kier alpha value is 0. The zero-order chi connectivity index (χ0) is 17.8. The fourth-order valence-corrected chi connectivity index (χ4v) is 2.16. The van der Waals surface area contributed by atoms with Crippen LogP contribution in [0.3, 0.4) is 0 Å². The summed E-state index contributed by atoms with van der Waals surface area (Å²) in [6.45, 7) is 19.4. The highest BCUT2D eigenvalue weighted by atomic mass is 14.2. The van der Waals surface area contributed by atoms with Gasteiger partial charge in [-0.3, -0.25) is 0 Å². The summed E-state index contributed by atoms with van der Waals surface area (Å²) in [6, 6.07) is 0. The third kappa shape index (κ3) is 32.1. The van der Waals surface area contributed by atoms with Crippen LogP contribution in [0.2, 0.25) is 0 Å². The molecule has 0 spiro atoms. The van der Waals surface area contributed by atoms with Crippen molar-refractivity contribution in [3.8, 4) is 0 Å². The molecule has 0 N–H and O–H groups in total. The van der Waals surface area contributed by atoms with Gasteiger partial charge in [0.05, 0.1) is 0 Å². The molecule has 0 bridgehead atoms. The quantitative estimate of drug-likeness (QED) is 0.444. The summed E-state index contributed by atoms with van der Waals surface area (Å²) >= 11 is 0. The molecule has 0 atom stereocenters. The van der Waals surface area contributed by atoms with E-state index in [-0.39, 0.29) is 0 Å². The zero-order valence-corrected chi connectivity index (χ0v) is 17.8. The van der Waals surface area contributed by atoms with Crippen molar-refractivity contribution in [1.82, 2.24) is 0 Å². The first-order valence-corrected chi connectivity index (χ1v) is 10.4. The van der Waals surface area contributed by atoms with E-state index in [1.807, 2.05) is 13.8 Å². The van der Waals surface area contributed by atoms with E-state index in [1.165, 1.54) is 64.2 Å². The maximum atomic E-state index is 2.29. The van der Waals surface area contributed by atoms with E-state index in [1.54, 1.807) is 0 Å². The molecule has 1 rings (SSSR count). The maximum Gasteiger partial charge on any atom is -0.0414 e. The Morgan fingerprint density at radius 1 is 0.773 bits per heavy atom. The maximum absolute atomic E-state index is 2.29. The van der Waals surface area contributed by atoms with Crippen LogP contribution in [0.15, 0.2) is 0 Å². The van der Waals surface area contributed by atoms with Crippen molar-refractivity contribution < 1.29 is 0 Å². The minimum Gasteiger partial charge on any atom is -0.0683 e. The van der Waals surface area contributed by atoms with Crippen LogP contribution in [0.4, 0.5) is 0 Å². The molecule has 0 heteroatoms. The van der Waals surface area contributed by atoms with Gasteiger partial charge < -0.3 is 0 Å². The molecule has 138 valence electrons. The largest absolute Gasteiger partial charge is 0.0683 e. The Labute approximate surface area is 144 Å². The van der Waals surface area contributed by atoms with Crippen LogP contribution in [-0.4, -0.2) is 0 Å². The normalized spacial score (nSPS) is 14.3. The van der Waals surface area contributed by atoms with E-state index < -0.39 is 0 Å². The average molecular weight is 315 g/mol. The molecule has 0 unspecified atom stereocenters. The first-order chi connectivity index (χ1) is 10.4. The summed E-state index contributed by atoms with van der Waals surface area (Å²) < 4.78 is 0. The number of hydrogen-bond donors (Lipinski definition) is 0. The second-order valence-electron chi connectivity index (χ2n) is 7.53. The molecular formula is C22H50. The summed E-state index contributed by atoms with van der Waals surface area (Å²) in [7, 11) is 0. The highest BCUT2D eigenvalue weighted by molar-refractivity contribution is 4.65. The van der Waals surface area contributed by atoms with Gasteiger partial charge in [-0.2, -0.15) is 0 Å². The Morgan fingerprint density at radius 2 is 1.18 bits per heavy atom. The summed E-state index contributed by atoms with van der Waals surface area (Å²) in [5, 5.41) is 0. The van der Waals surface area contributed by atoms with E-state index in [0.717, 1.165) is 17.8 Å². The Kier molecular flexibility index (Phi) is 28.4. The molecule has 0 aliphatic heterocycles. The van der Waals surface area contributed by atoms with Crippen molar-refractivity contribution >= 4 is 0 Å². The van der Waals surface area contributed by atoms with Crippen LogP contribution in [0.1, 0.15) is 127 Å². The lowest BCUT2D eigenvalue weighted by Crippen LogP contribution is -2.05. The summed E-state index contributed by atoms with van der Waals surface area (Å²) in [5.74, 6) is 2.82. The highest BCUT2D eigenvalue weighted by Gasteiger charge is 2.11. The van der Waals surface area contributed by atoms with Crippen LogP contribution in [0.25, 0.3) is 0 Å². The van der Waals surface area contributed by atoms with Gasteiger partial charge >= 0.3 is 0 Å². The zero-order valence-electron chi connectivity index (χ0n) is 17.8. The monoisotopic (exact) mass is 314 g/mol. The van der Waals surface area contributed by atoms with Crippen LogP contribution < -0.4 is 0 Å². The van der Waals surface area contributed by atoms with Crippen molar-refractivity contribution in [3.05, 3.63) is 0 Å². The Morgan fingerprint density at radius 3 is 1.50 bits per heavy atom. The molecule has 1 aliphatic rings. The van der Waals surface area contributed by atoms with Gasteiger partial charge in [0.15, 0.2) is 0 Å². The smallest absolute Gasteiger partial charge is 0.0414 e. The van der Waals surface area contributed by atoms with Crippen molar-refractivity contribution in [3.63, 3.8) is 0 Å². The molecular weight excluding hydrogens is 264 g/mol. The van der Waals surface area contributed by atoms with Crippen molar-refractivity contribution in [2.75, 3.05) is 0 Å². The van der Waals surface area contributed by atoms with Gasteiger partial charge in [-0.25, -0.2) is 0 Å². The topological polar surface area (TPSA) is 0 Å².